The van der Waals surface area contributed by atoms with Gasteiger partial charge in [0.2, 0.25) is 5.82 Å². The van der Waals surface area contributed by atoms with Crippen LogP contribution in [0.4, 0.5) is 17.3 Å². The summed E-state index contributed by atoms with van der Waals surface area (Å²) < 4.78 is 6.31. The van der Waals surface area contributed by atoms with Crippen molar-refractivity contribution in [1.29, 1.82) is 0 Å². The number of rotatable bonds is 3. The van der Waals surface area contributed by atoms with Gasteiger partial charge < -0.3 is 19.8 Å². The number of ether oxygens (including phenoxy) is 1. The minimum atomic E-state index is -0.845. The summed E-state index contributed by atoms with van der Waals surface area (Å²) in [5.74, 6) is -0.584. The van der Waals surface area contributed by atoms with Crippen LogP contribution in [0.1, 0.15) is 0 Å². The third-order valence-electron chi connectivity index (χ3n) is 2.64. The Morgan fingerprint density at radius 1 is 1.22 bits per heavy atom. The van der Waals surface area contributed by atoms with Crippen LogP contribution in [-0.4, -0.2) is 45.9 Å². The number of nitrogens with zero attached hydrogens (tertiary/aromatic N) is 5. The molecular formula is C8H11N5O5. The van der Waals surface area contributed by atoms with Gasteiger partial charge in [-0.3, -0.25) is 10.1 Å². The molecule has 0 spiro atoms. The molecule has 0 amide bonds. The van der Waals surface area contributed by atoms with Crippen LogP contribution in [0.15, 0.2) is 0 Å². The predicted molar refractivity (Wildman–Crippen MR) is 59.5 cm³/mol. The van der Waals surface area contributed by atoms with E-state index in [2.05, 4.69) is 5.10 Å². The zero-order valence-corrected chi connectivity index (χ0v) is 9.61. The smallest absolute Gasteiger partial charge is 0.378 e. The fourth-order valence-corrected chi connectivity index (χ4v) is 1.91. The van der Waals surface area contributed by atoms with Crippen molar-refractivity contribution in [2.75, 3.05) is 31.2 Å². The lowest BCUT2D eigenvalue weighted by atomic mass is 10.3. The van der Waals surface area contributed by atoms with E-state index >= 15 is 0 Å². The molecule has 1 fully saturated rings. The van der Waals surface area contributed by atoms with Gasteiger partial charge in [-0.2, -0.15) is 4.68 Å². The van der Waals surface area contributed by atoms with Crippen molar-refractivity contribution < 1.29 is 14.6 Å². The van der Waals surface area contributed by atoms with Crippen molar-refractivity contribution in [3.8, 4) is 0 Å². The molecular weight excluding hydrogens is 246 g/mol. The van der Waals surface area contributed by atoms with Gasteiger partial charge >= 0.3 is 11.5 Å². The summed E-state index contributed by atoms with van der Waals surface area (Å²) in [5.41, 5.74) is -0.565. The molecule has 0 atom stereocenters. The molecule has 0 bridgehead atoms. The van der Waals surface area contributed by atoms with E-state index in [1.54, 1.807) is 4.90 Å². The van der Waals surface area contributed by atoms with E-state index in [9.17, 15) is 20.2 Å². The molecule has 0 aliphatic carbocycles. The summed E-state index contributed by atoms with van der Waals surface area (Å²) >= 11 is 0. The van der Waals surface area contributed by atoms with Crippen LogP contribution in [0.2, 0.25) is 0 Å². The van der Waals surface area contributed by atoms with E-state index in [1.165, 1.54) is 11.7 Å². The second-order valence-corrected chi connectivity index (χ2v) is 3.73. The first-order chi connectivity index (χ1) is 8.52. The highest BCUT2D eigenvalue weighted by molar-refractivity contribution is 5.67. The summed E-state index contributed by atoms with van der Waals surface area (Å²) in [6, 6.07) is 0. The number of nitro groups is 2. The van der Waals surface area contributed by atoms with Crippen LogP contribution in [0.25, 0.3) is 0 Å². The summed E-state index contributed by atoms with van der Waals surface area (Å²) in [6.45, 7) is 1.74. The molecule has 1 aliphatic rings. The molecule has 18 heavy (non-hydrogen) atoms. The molecule has 0 aromatic carbocycles. The van der Waals surface area contributed by atoms with Crippen LogP contribution in [-0.2, 0) is 11.8 Å². The molecule has 1 aromatic heterocycles. The number of morpholine rings is 1. The molecule has 1 aliphatic heterocycles. The average Bonchev–Trinajstić information content (AvgIpc) is 2.68. The van der Waals surface area contributed by atoms with Gasteiger partial charge in [0.05, 0.1) is 30.3 Å². The third-order valence-corrected chi connectivity index (χ3v) is 2.64. The summed E-state index contributed by atoms with van der Waals surface area (Å²) in [7, 11) is 1.45. The van der Waals surface area contributed by atoms with Crippen molar-refractivity contribution in [3.63, 3.8) is 0 Å². The first-order valence-corrected chi connectivity index (χ1v) is 5.21. The van der Waals surface area contributed by atoms with E-state index in [0.29, 0.717) is 26.3 Å². The van der Waals surface area contributed by atoms with Gasteiger partial charge in [-0.1, -0.05) is 0 Å². The van der Waals surface area contributed by atoms with Crippen molar-refractivity contribution in [3.05, 3.63) is 20.2 Å². The number of aromatic nitrogens is 2. The zero-order valence-electron chi connectivity index (χ0n) is 9.61. The summed E-state index contributed by atoms with van der Waals surface area (Å²) in [6.07, 6.45) is 0. The average molecular weight is 257 g/mol. The monoisotopic (exact) mass is 257 g/mol. The van der Waals surface area contributed by atoms with E-state index in [4.69, 9.17) is 4.74 Å². The van der Waals surface area contributed by atoms with Gasteiger partial charge in [0.15, 0.2) is 0 Å². The molecule has 98 valence electrons. The Morgan fingerprint density at radius 3 is 2.33 bits per heavy atom. The lowest BCUT2D eigenvalue weighted by Gasteiger charge is -2.26. The minimum Gasteiger partial charge on any atom is -0.378 e. The second-order valence-electron chi connectivity index (χ2n) is 3.73. The molecule has 10 heteroatoms. The Hall–Kier alpha value is -2.23. The van der Waals surface area contributed by atoms with Crippen LogP contribution in [0.3, 0.4) is 0 Å². The minimum absolute atomic E-state index is 0.148. The van der Waals surface area contributed by atoms with Crippen molar-refractivity contribution in [2.45, 2.75) is 0 Å². The molecule has 0 saturated carbocycles. The Morgan fingerprint density at radius 2 is 1.83 bits per heavy atom. The van der Waals surface area contributed by atoms with Gasteiger partial charge in [0.25, 0.3) is 0 Å². The molecule has 10 nitrogen and oxygen atoms in total. The molecule has 0 unspecified atom stereocenters. The normalized spacial score (nSPS) is 15.7. The molecule has 2 heterocycles. The highest BCUT2D eigenvalue weighted by Gasteiger charge is 2.39. The Bertz CT molecular complexity index is 492. The molecule has 1 saturated heterocycles. The van der Waals surface area contributed by atoms with E-state index < -0.39 is 21.4 Å². The zero-order chi connectivity index (χ0) is 13.3. The van der Waals surface area contributed by atoms with Crippen molar-refractivity contribution in [1.82, 2.24) is 9.78 Å². The molecule has 0 radical (unpaired) electrons. The van der Waals surface area contributed by atoms with Gasteiger partial charge in [0, 0.05) is 13.1 Å². The maximum atomic E-state index is 11.0. The number of anilines is 1. The molecule has 0 N–H and O–H groups in total. The van der Waals surface area contributed by atoms with E-state index in [1.807, 2.05) is 0 Å². The van der Waals surface area contributed by atoms with Gasteiger partial charge in [-0.15, -0.1) is 0 Å². The third kappa shape index (κ3) is 1.97. The van der Waals surface area contributed by atoms with Crippen LogP contribution in [0.5, 0.6) is 0 Å². The van der Waals surface area contributed by atoms with E-state index in [-0.39, 0.29) is 5.82 Å². The van der Waals surface area contributed by atoms with Gasteiger partial charge in [-0.25, -0.2) is 0 Å². The quantitative estimate of drug-likeness (QED) is 0.555. The fourth-order valence-electron chi connectivity index (χ4n) is 1.91. The van der Waals surface area contributed by atoms with Crippen LogP contribution in [0, 0.1) is 20.2 Å². The maximum absolute atomic E-state index is 11.0. The topological polar surface area (TPSA) is 117 Å². The molecule has 2 rings (SSSR count). The van der Waals surface area contributed by atoms with Crippen molar-refractivity contribution >= 4 is 17.3 Å². The number of aryl methyl sites for hydroxylation is 1. The Labute approximate surface area is 101 Å². The van der Waals surface area contributed by atoms with Gasteiger partial charge in [-0.05, 0) is 4.92 Å². The maximum Gasteiger partial charge on any atom is 0.470 e. The lowest BCUT2D eigenvalue weighted by Crippen LogP contribution is -2.37. The fraction of sp³-hybridized carbons (Fsp3) is 0.625. The Kier molecular flexibility index (Phi) is 3.10. The lowest BCUT2D eigenvalue weighted by molar-refractivity contribution is -0.424. The standard InChI is InChI=1S/C8H11N5O5/c1-10-8(11-2-4-18-5-3-11)6(12(14)15)7(9-10)13(16)17/h2-5H2,1H3. The van der Waals surface area contributed by atoms with Gasteiger partial charge in [0.1, 0.15) is 0 Å². The second kappa shape index (κ2) is 4.56. The first kappa shape index (κ1) is 12.2. The SMILES string of the molecule is Cn1nc([N+](=O)[O-])c([N+](=O)[O-])c1N1CCOCC1. The van der Waals surface area contributed by atoms with Crippen molar-refractivity contribution in [2.24, 2.45) is 7.05 Å². The summed E-state index contributed by atoms with van der Waals surface area (Å²) in [5, 5.41) is 25.3. The number of hydrogen-bond acceptors (Lipinski definition) is 7. The highest BCUT2D eigenvalue weighted by atomic mass is 16.6. The number of hydrogen-bond donors (Lipinski definition) is 0. The van der Waals surface area contributed by atoms with E-state index in [0.717, 1.165) is 0 Å². The summed E-state index contributed by atoms with van der Waals surface area (Å²) in [4.78, 5) is 21.8. The first-order valence-electron chi connectivity index (χ1n) is 5.21. The highest BCUT2D eigenvalue weighted by Crippen LogP contribution is 2.36. The predicted octanol–water partition coefficient (Wildman–Crippen LogP) is 0.0731. The Balaban J connectivity index is 2.50. The van der Waals surface area contributed by atoms with Crippen LogP contribution >= 0.6 is 0 Å². The molecule has 1 aromatic rings. The van der Waals surface area contributed by atoms with Crippen LogP contribution < -0.4 is 4.90 Å². The largest absolute Gasteiger partial charge is 0.470 e.